The van der Waals surface area contributed by atoms with E-state index in [0.717, 1.165) is 18.7 Å². The van der Waals surface area contributed by atoms with Crippen LogP contribution in [0.4, 0.5) is 0 Å². The minimum absolute atomic E-state index is 0.0206. The highest BCUT2D eigenvalue weighted by molar-refractivity contribution is 5.85. The molecule has 0 spiro atoms. The van der Waals surface area contributed by atoms with Crippen molar-refractivity contribution < 1.29 is 14.3 Å². The summed E-state index contributed by atoms with van der Waals surface area (Å²) in [5, 5.41) is 0. The summed E-state index contributed by atoms with van der Waals surface area (Å²) < 4.78 is 7.41. The topological polar surface area (TPSA) is 54.8 Å². The zero-order chi connectivity index (χ0) is 24.3. The van der Waals surface area contributed by atoms with Crippen molar-refractivity contribution in [1.82, 2.24) is 14.4 Å². The van der Waals surface area contributed by atoms with Crippen molar-refractivity contribution in [2.45, 2.75) is 71.5 Å². The van der Waals surface area contributed by atoms with Gasteiger partial charge < -0.3 is 19.1 Å². The summed E-state index contributed by atoms with van der Waals surface area (Å²) in [5.74, 6) is 0.703. The molecule has 3 rings (SSSR count). The van der Waals surface area contributed by atoms with E-state index in [2.05, 4.69) is 29.0 Å². The molecule has 1 aliphatic carbocycles. The van der Waals surface area contributed by atoms with Gasteiger partial charge in [-0.25, -0.2) is 0 Å². The van der Waals surface area contributed by atoms with Gasteiger partial charge in [0.2, 0.25) is 11.8 Å². The molecule has 1 aromatic carbocycles. The molecular weight excluding hydrogens is 426 g/mol. The smallest absolute Gasteiger partial charge is 0.242 e. The van der Waals surface area contributed by atoms with E-state index in [9.17, 15) is 9.59 Å². The monoisotopic (exact) mass is 467 g/mol. The zero-order valence-electron chi connectivity index (χ0n) is 21.1. The lowest BCUT2D eigenvalue weighted by atomic mass is 10.0. The van der Waals surface area contributed by atoms with Gasteiger partial charge in [-0.1, -0.05) is 56.0 Å². The van der Waals surface area contributed by atoms with Crippen LogP contribution in [0.1, 0.15) is 63.6 Å². The fourth-order valence-electron chi connectivity index (χ4n) is 4.79. The number of aromatic nitrogens is 1. The molecule has 1 heterocycles. The van der Waals surface area contributed by atoms with Crippen LogP contribution in [0, 0.1) is 5.92 Å². The molecule has 1 aromatic heterocycles. The third kappa shape index (κ3) is 7.73. The number of nitrogens with zero attached hydrogens (tertiary/aromatic N) is 3. The van der Waals surface area contributed by atoms with Gasteiger partial charge in [0.1, 0.15) is 0 Å². The number of amides is 2. The van der Waals surface area contributed by atoms with Gasteiger partial charge in [-0.2, -0.15) is 0 Å². The van der Waals surface area contributed by atoms with Gasteiger partial charge in [0.15, 0.2) is 0 Å². The van der Waals surface area contributed by atoms with Gasteiger partial charge >= 0.3 is 0 Å². The highest BCUT2D eigenvalue weighted by atomic mass is 16.5. The highest BCUT2D eigenvalue weighted by Crippen LogP contribution is 2.28. The molecule has 1 fully saturated rings. The van der Waals surface area contributed by atoms with Crippen molar-refractivity contribution in [2.24, 2.45) is 5.92 Å². The van der Waals surface area contributed by atoms with E-state index in [1.807, 2.05) is 43.0 Å². The summed E-state index contributed by atoms with van der Waals surface area (Å²) in [6, 6.07) is 14.5. The second-order valence-electron chi connectivity index (χ2n) is 9.73. The van der Waals surface area contributed by atoms with Gasteiger partial charge in [0, 0.05) is 44.6 Å². The molecule has 0 aliphatic heterocycles. The molecular formula is C28H41N3O3. The van der Waals surface area contributed by atoms with Crippen LogP contribution in [0.15, 0.2) is 48.7 Å². The lowest BCUT2D eigenvalue weighted by molar-refractivity contribution is -0.142. The molecule has 0 radical (unpaired) electrons. The number of hydrogen-bond donors (Lipinski definition) is 0. The Bertz CT molecular complexity index is 887. The van der Waals surface area contributed by atoms with Crippen LogP contribution in [-0.2, 0) is 27.4 Å². The van der Waals surface area contributed by atoms with E-state index in [1.54, 1.807) is 12.0 Å². The Morgan fingerprint density at radius 3 is 2.47 bits per heavy atom. The number of carbonyl (C=O) groups excluding carboxylic acids is 2. The summed E-state index contributed by atoms with van der Waals surface area (Å²) in [7, 11) is 1.63. The molecule has 0 bridgehead atoms. The number of benzene rings is 1. The fraction of sp³-hybridized carbons (Fsp3) is 0.571. The number of rotatable bonds is 13. The molecule has 6 heteroatoms. The first-order valence-corrected chi connectivity index (χ1v) is 12.7. The van der Waals surface area contributed by atoms with Crippen LogP contribution in [0.25, 0.3) is 0 Å². The third-order valence-corrected chi connectivity index (χ3v) is 6.88. The first-order chi connectivity index (χ1) is 16.5. The van der Waals surface area contributed by atoms with E-state index in [0.29, 0.717) is 32.0 Å². The molecule has 0 atom stereocenters. The Labute approximate surface area is 204 Å². The SMILES string of the molecule is COCCN(CC(=O)N(Cc1cccn1Cc1ccccc1)C(C)C)C(=O)CCC1CCCC1. The van der Waals surface area contributed by atoms with Crippen molar-refractivity contribution in [3.05, 3.63) is 59.9 Å². The minimum Gasteiger partial charge on any atom is -0.383 e. The van der Waals surface area contributed by atoms with Gasteiger partial charge in [0.25, 0.3) is 0 Å². The minimum atomic E-state index is -0.0206. The van der Waals surface area contributed by atoms with Crippen LogP contribution in [-0.4, -0.2) is 59.0 Å². The predicted octanol–water partition coefficient (Wildman–Crippen LogP) is 4.72. The molecule has 0 saturated heterocycles. The highest BCUT2D eigenvalue weighted by Gasteiger charge is 2.25. The molecule has 6 nitrogen and oxygen atoms in total. The van der Waals surface area contributed by atoms with Crippen molar-refractivity contribution in [3.63, 3.8) is 0 Å². The number of hydrogen-bond acceptors (Lipinski definition) is 3. The first-order valence-electron chi connectivity index (χ1n) is 12.7. The van der Waals surface area contributed by atoms with Crippen molar-refractivity contribution in [3.8, 4) is 0 Å². The maximum atomic E-state index is 13.4. The van der Waals surface area contributed by atoms with Gasteiger partial charge in [-0.3, -0.25) is 9.59 Å². The van der Waals surface area contributed by atoms with Crippen LogP contribution in [0.2, 0.25) is 0 Å². The van der Waals surface area contributed by atoms with E-state index < -0.39 is 0 Å². The summed E-state index contributed by atoms with van der Waals surface area (Å²) in [5.41, 5.74) is 2.31. The van der Waals surface area contributed by atoms with E-state index >= 15 is 0 Å². The number of ether oxygens (including phenoxy) is 1. The molecule has 0 N–H and O–H groups in total. The van der Waals surface area contributed by atoms with Crippen molar-refractivity contribution in [1.29, 1.82) is 0 Å². The Morgan fingerprint density at radius 1 is 1.06 bits per heavy atom. The van der Waals surface area contributed by atoms with Crippen LogP contribution in [0.5, 0.6) is 0 Å². The Kier molecular flexibility index (Phi) is 10.2. The second kappa shape index (κ2) is 13.3. The van der Waals surface area contributed by atoms with Crippen LogP contribution >= 0.6 is 0 Å². The molecule has 34 heavy (non-hydrogen) atoms. The van der Waals surface area contributed by atoms with E-state index in [4.69, 9.17) is 4.74 Å². The van der Waals surface area contributed by atoms with Gasteiger partial charge in [-0.15, -0.1) is 0 Å². The Balaban J connectivity index is 1.64. The molecule has 1 saturated carbocycles. The Hall–Kier alpha value is -2.60. The first kappa shape index (κ1) is 26.0. The lowest BCUT2D eigenvalue weighted by Gasteiger charge is -2.31. The van der Waals surface area contributed by atoms with E-state index in [-0.39, 0.29) is 24.4 Å². The molecule has 2 aromatic rings. The molecule has 186 valence electrons. The second-order valence-corrected chi connectivity index (χ2v) is 9.73. The Morgan fingerprint density at radius 2 is 1.79 bits per heavy atom. The van der Waals surface area contributed by atoms with Crippen molar-refractivity contribution >= 4 is 11.8 Å². The summed E-state index contributed by atoms with van der Waals surface area (Å²) in [6.07, 6.45) is 8.52. The predicted molar refractivity (Wildman–Crippen MR) is 135 cm³/mol. The summed E-state index contributed by atoms with van der Waals surface area (Å²) >= 11 is 0. The van der Waals surface area contributed by atoms with Gasteiger partial charge in [0.05, 0.1) is 19.7 Å². The van der Waals surface area contributed by atoms with Crippen LogP contribution < -0.4 is 0 Å². The largest absolute Gasteiger partial charge is 0.383 e. The number of carbonyl (C=O) groups is 2. The van der Waals surface area contributed by atoms with Gasteiger partial charge in [-0.05, 0) is 43.9 Å². The standard InChI is InChI=1S/C28H41N3O3/c1-23(2)31(21-26-14-9-17-29(26)20-25-12-5-4-6-13-25)28(33)22-30(18-19-34-3)27(32)16-15-24-10-7-8-11-24/h4-6,9,12-14,17,23-24H,7-8,10-11,15-16,18-22H2,1-3H3. The molecule has 1 aliphatic rings. The van der Waals surface area contributed by atoms with Crippen LogP contribution in [0.3, 0.4) is 0 Å². The average molecular weight is 468 g/mol. The zero-order valence-corrected chi connectivity index (χ0v) is 21.1. The average Bonchev–Trinajstić information content (AvgIpc) is 3.51. The van der Waals surface area contributed by atoms with E-state index in [1.165, 1.54) is 31.2 Å². The third-order valence-electron chi connectivity index (χ3n) is 6.88. The maximum absolute atomic E-state index is 13.4. The maximum Gasteiger partial charge on any atom is 0.242 e. The fourth-order valence-corrected chi connectivity index (χ4v) is 4.79. The molecule has 0 unspecified atom stereocenters. The van der Waals surface area contributed by atoms with Crippen molar-refractivity contribution in [2.75, 3.05) is 26.8 Å². The summed E-state index contributed by atoms with van der Waals surface area (Å²) in [6.45, 7) is 6.33. The summed E-state index contributed by atoms with van der Waals surface area (Å²) in [4.78, 5) is 30.0. The number of methoxy groups -OCH3 is 1. The molecule has 2 amide bonds. The lowest BCUT2D eigenvalue weighted by Crippen LogP contribution is -2.46. The quantitative estimate of drug-likeness (QED) is 0.428. The normalized spacial score (nSPS) is 14.0.